The first-order chi connectivity index (χ1) is 12.0. The summed E-state index contributed by atoms with van der Waals surface area (Å²) in [4.78, 5) is 24.7. The Labute approximate surface area is 148 Å². The zero-order valence-corrected chi connectivity index (χ0v) is 15.2. The second-order valence-corrected chi connectivity index (χ2v) is 7.14. The molecule has 2 aliphatic carbocycles. The van der Waals surface area contributed by atoms with Crippen LogP contribution in [0.1, 0.15) is 43.2 Å². The van der Waals surface area contributed by atoms with Gasteiger partial charge in [0.05, 0.1) is 20.1 Å². The molecule has 0 aromatic heterocycles. The lowest BCUT2D eigenvalue weighted by Gasteiger charge is -2.36. The average molecular weight is 346 g/mol. The molecule has 0 heterocycles. The van der Waals surface area contributed by atoms with E-state index in [9.17, 15) is 9.59 Å². The molecule has 0 N–H and O–H groups in total. The van der Waals surface area contributed by atoms with Crippen LogP contribution in [0, 0.1) is 24.7 Å². The van der Waals surface area contributed by atoms with Crippen LogP contribution in [0.15, 0.2) is 12.1 Å². The molecule has 3 rings (SSSR count). The van der Waals surface area contributed by atoms with Crippen LogP contribution in [0.25, 0.3) is 0 Å². The molecule has 1 aromatic rings. The van der Waals surface area contributed by atoms with Gasteiger partial charge >= 0.3 is 5.97 Å². The third-order valence-corrected chi connectivity index (χ3v) is 5.59. The molecular formula is C20H26O5. The number of Topliss-reactive ketones (excluding diaryl/α,β-unsaturated/α-hetero) is 1. The van der Waals surface area contributed by atoms with Crippen LogP contribution >= 0.6 is 0 Å². The normalized spacial score (nSPS) is 25.4. The van der Waals surface area contributed by atoms with E-state index in [2.05, 4.69) is 0 Å². The van der Waals surface area contributed by atoms with E-state index in [1.807, 2.05) is 19.1 Å². The molecule has 1 aromatic carbocycles. The zero-order valence-electron chi connectivity index (χ0n) is 15.2. The molecule has 5 nitrogen and oxygen atoms in total. The van der Waals surface area contributed by atoms with Crippen molar-refractivity contribution in [3.05, 3.63) is 23.3 Å². The highest BCUT2D eigenvalue weighted by atomic mass is 16.5. The Morgan fingerprint density at radius 1 is 1.08 bits per heavy atom. The van der Waals surface area contributed by atoms with E-state index in [0.29, 0.717) is 30.1 Å². The number of rotatable bonds is 5. The number of carbonyl (C=O) groups is 2. The lowest BCUT2D eigenvalue weighted by atomic mass is 9.67. The van der Waals surface area contributed by atoms with Crippen molar-refractivity contribution in [2.24, 2.45) is 17.8 Å². The first-order valence-electron chi connectivity index (χ1n) is 8.95. The molecular weight excluding hydrogens is 320 g/mol. The van der Waals surface area contributed by atoms with E-state index in [4.69, 9.17) is 14.2 Å². The molecule has 2 bridgehead atoms. The summed E-state index contributed by atoms with van der Waals surface area (Å²) in [6.07, 6.45) is 4.26. The standard InChI is InChI=1S/C20H26O5/c1-12-7-17(23-2)18(24-3)10-16(12)11-25-20(22)15-8-13-5-4-6-14(9-15)19(13)21/h7,10,13-15H,4-6,8-9,11H2,1-3H3/t13-,14+,15?. The van der Waals surface area contributed by atoms with Crippen LogP contribution in [0.5, 0.6) is 11.5 Å². The Morgan fingerprint density at radius 3 is 2.28 bits per heavy atom. The maximum Gasteiger partial charge on any atom is 0.309 e. The Balaban J connectivity index is 1.64. The summed E-state index contributed by atoms with van der Waals surface area (Å²) in [6.45, 7) is 2.17. The summed E-state index contributed by atoms with van der Waals surface area (Å²) in [7, 11) is 3.18. The second kappa shape index (κ2) is 7.46. The van der Waals surface area contributed by atoms with Gasteiger partial charge < -0.3 is 14.2 Å². The summed E-state index contributed by atoms with van der Waals surface area (Å²) in [5, 5.41) is 0. The molecule has 3 atom stereocenters. The second-order valence-electron chi connectivity index (χ2n) is 7.14. The minimum atomic E-state index is -0.182. The van der Waals surface area contributed by atoms with Crippen LogP contribution < -0.4 is 9.47 Å². The molecule has 0 saturated heterocycles. The van der Waals surface area contributed by atoms with Gasteiger partial charge in [0, 0.05) is 11.8 Å². The van der Waals surface area contributed by atoms with E-state index in [1.165, 1.54) is 0 Å². The van der Waals surface area contributed by atoms with Gasteiger partial charge in [0.15, 0.2) is 11.5 Å². The molecule has 5 heteroatoms. The lowest BCUT2D eigenvalue weighted by Crippen LogP contribution is -2.39. The number of hydrogen-bond acceptors (Lipinski definition) is 5. The predicted molar refractivity (Wildman–Crippen MR) is 92.6 cm³/mol. The van der Waals surface area contributed by atoms with Crippen molar-refractivity contribution >= 4 is 11.8 Å². The van der Waals surface area contributed by atoms with Crippen LogP contribution in [0.2, 0.25) is 0 Å². The van der Waals surface area contributed by atoms with E-state index in [1.54, 1.807) is 14.2 Å². The molecule has 1 unspecified atom stereocenters. The van der Waals surface area contributed by atoms with Gasteiger partial charge in [-0.15, -0.1) is 0 Å². The quantitative estimate of drug-likeness (QED) is 0.764. The molecule has 0 aliphatic heterocycles. The van der Waals surface area contributed by atoms with Gasteiger partial charge in [-0.25, -0.2) is 0 Å². The van der Waals surface area contributed by atoms with Crippen molar-refractivity contribution in [1.29, 1.82) is 0 Å². The zero-order chi connectivity index (χ0) is 18.0. The number of carbonyl (C=O) groups excluding carboxylic acids is 2. The molecule has 2 saturated carbocycles. The fraction of sp³-hybridized carbons (Fsp3) is 0.600. The fourth-order valence-electron chi connectivity index (χ4n) is 4.12. The third kappa shape index (κ3) is 3.65. The van der Waals surface area contributed by atoms with Gasteiger partial charge in [0.1, 0.15) is 12.4 Å². The number of ketones is 1. The van der Waals surface area contributed by atoms with Crippen molar-refractivity contribution < 1.29 is 23.8 Å². The fourth-order valence-corrected chi connectivity index (χ4v) is 4.12. The molecule has 0 amide bonds. The number of ether oxygens (including phenoxy) is 3. The minimum absolute atomic E-state index is 0.0628. The highest BCUT2D eigenvalue weighted by Crippen LogP contribution is 2.40. The topological polar surface area (TPSA) is 61.8 Å². The van der Waals surface area contributed by atoms with Crippen molar-refractivity contribution in [3.8, 4) is 11.5 Å². The number of fused-ring (bicyclic) bond motifs is 2. The SMILES string of the molecule is COc1cc(C)c(COC(=O)C2C[C@H]3CCC[C@@H](C2)C3=O)cc1OC. The van der Waals surface area contributed by atoms with E-state index < -0.39 is 0 Å². The predicted octanol–water partition coefficient (Wildman–Crippen LogP) is 3.45. The van der Waals surface area contributed by atoms with Crippen molar-refractivity contribution in [2.75, 3.05) is 14.2 Å². The van der Waals surface area contributed by atoms with Crippen LogP contribution in [0.3, 0.4) is 0 Å². The Morgan fingerprint density at radius 2 is 1.68 bits per heavy atom. The molecule has 0 spiro atoms. The van der Waals surface area contributed by atoms with Gasteiger partial charge in [-0.3, -0.25) is 9.59 Å². The Bertz CT molecular complexity index is 650. The van der Waals surface area contributed by atoms with Crippen LogP contribution in [-0.2, 0) is 20.9 Å². The Kier molecular flexibility index (Phi) is 5.30. The summed E-state index contributed by atoms with van der Waals surface area (Å²) in [5.41, 5.74) is 1.89. The number of benzene rings is 1. The Hall–Kier alpha value is -2.04. The summed E-state index contributed by atoms with van der Waals surface area (Å²) in [6, 6.07) is 3.73. The summed E-state index contributed by atoms with van der Waals surface area (Å²) >= 11 is 0. The van der Waals surface area contributed by atoms with E-state index in [-0.39, 0.29) is 30.3 Å². The van der Waals surface area contributed by atoms with Gasteiger partial charge in [0.2, 0.25) is 0 Å². The molecule has 25 heavy (non-hydrogen) atoms. The number of esters is 1. The van der Waals surface area contributed by atoms with Crippen LogP contribution in [-0.4, -0.2) is 26.0 Å². The number of hydrogen-bond donors (Lipinski definition) is 0. The lowest BCUT2D eigenvalue weighted by molar-refractivity contribution is -0.154. The van der Waals surface area contributed by atoms with E-state index >= 15 is 0 Å². The first kappa shape index (κ1) is 17.8. The largest absolute Gasteiger partial charge is 0.493 e. The number of aryl methyl sites for hydroxylation is 1. The molecule has 2 aliphatic rings. The maximum absolute atomic E-state index is 12.5. The van der Waals surface area contributed by atoms with Gasteiger partial charge in [-0.1, -0.05) is 6.42 Å². The van der Waals surface area contributed by atoms with E-state index in [0.717, 1.165) is 30.4 Å². The van der Waals surface area contributed by atoms with Crippen LogP contribution in [0.4, 0.5) is 0 Å². The minimum Gasteiger partial charge on any atom is -0.493 e. The van der Waals surface area contributed by atoms with Crippen molar-refractivity contribution in [2.45, 2.75) is 45.6 Å². The highest BCUT2D eigenvalue weighted by Gasteiger charge is 2.41. The van der Waals surface area contributed by atoms with Gasteiger partial charge in [0.25, 0.3) is 0 Å². The van der Waals surface area contributed by atoms with Gasteiger partial charge in [-0.05, 0) is 55.9 Å². The van der Waals surface area contributed by atoms with Crippen molar-refractivity contribution in [3.63, 3.8) is 0 Å². The average Bonchev–Trinajstić information content (AvgIpc) is 2.59. The van der Waals surface area contributed by atoms with Crippen molar-refractivity contribution in [1.82, 2.24) is 0 Å². The number of methoxy groups -OCH3 is 2. The maximum atomic E-state index is 12.5. The molecule has 0 radical (unpaired) electrons. The third-order valence-electron chi connectivity index (χ3n) is 5.59. The smallest absolute Gasteiger partial charge is 0.309 e. The molecule has 2 fully saturated rings. The summed E-state index contributed by atoms with van der Waals surface area (Å²) in [5.74, 6) is 1.45. The van der Waals surface area contributed by atoms with Gasteiger partial charge in [-0.2, -0.15) is 0 Å². The first-order valence-corrected chi connectivity index (χ1v) is 8.95. The summed E-state index contributed by atoms with van der Waals surface area (Å²) < 4.78 is 16.2. The monoisotopic (exact) mass is 346 g/mol. The highest BCUT2D eigenvalue weighted by molar-refractivity contribution is 5.87. The molecule has 136 valence electrons.